The Morgan fingerprint density at radius 3 is 2.59 bits per heavy atom. The van der Waals surface area contributed by atoms with Crippen molar-refractivity contribution in [1.29, 1.82) is 0 Å². The van der Waals surface area contributed by atoms with Crippen LogP contribution in [-0.4, -0.2) is 60.9 Å². The lowest BCUT2D eigenvalue weighted by molar-refractivity contribution is -0.120. The number of carbonyl (C=O) groups excluding carboxylic acids is 4. The normalized spacial score (nSPS) is 12.9. The number of amides is 4. The number of carbonyl (C=O) groups is 5. The van der Waals surface area contributed by atoms with Crippen molar-refractivity contribution < 1.29 is 33.8 Å². The van der Waals surface area contributed by atoms with Crippen LogP contribution in [0.5, 0.6) is 5.75 Å². The number of aromatic nitrogens is 4. The molecule has 0 saturated carbocycles. The Labute approximate surface area is 234 Å². The molecule has 2 aromatic heterocycles. The van der Waals surface area contributed by atoms with Crippen LogP contribution in [-0.2, 0) is 16.1 Å². The van der Waals surface area contributed by atoms with E-state index in [4.69, 9.17) is 27.8 Å². The van der Waals surface area contributed by atoms with Crippen molar-refractivity contribution in [2.75, 3.05) is 11.9 Å². The minimum atomic E-state index is -1.32. The van der Waals surface area contributed by atoms with E-state index in [2.05, 4.69) is 31.1 Å². The smallest absolute Gasteiger partial charge is 0.335 e. The summed E-state index contributed by atoms with van der Waals surface area (Å²) in [6.45, 7) is -0.0336. The fourth-order valence-electron chi connectivity index (χ4n) is 4.05. The Balaban J connectivity index is 1.39. The molecule has 4 amide bonds. The van der Waals surface area contributed by atoms with Crippen LogP contribution in [0.25, 0.3) is 5.78 Å². The molecular weight excluding hydrogens is 556 g/mol. The topological polar surface area (TPSA) is 223 Å². The summed E-state index contributed by atoms with van der Waals surface area (Å²) in [5.74, 6) is -3.43. The molecule has 7 N–H and O–H groups in total. The van der Waals surface area contributed by atoms with Gasteiger partial charge >= 0.3 is 5.97 Å². The standard InChI is InChI=1S/C25H20N8O7S/c26-20(35)19(12-2-4-13(5-3-12)23(38)39)30-21(36)15-8-16(33-24(29-15)31-32-25(33)41)22(37)27-9-11-1-6-17-14(7-11)28-18(34)10-40-17/h1-8,19H,9-10H2,(H2,26,35)(H,27,37)(H,28,34)(H,30,36)(H,32,41)(H,38,39)/t19-/m1/s1. The second-order valence-electron chi connectivity index (χ2n) is 8.78. The van der Waals surface area contributed by atoms with E-state index in [-0.39, 0.29) is 52.1 Å². The fourth-order valence-corrected chi connectivity index (χ4v) is 4.28. The number of aromatic amines is 1. The lowest BCUT2D eigenvalue weighted by Gasteiger charge is -2.18. The Hall–Kier alpha value is -5.64. The summed E-state index contributed by atoms with van der Waals surface area (Å²) in [6, 6.07) is 10.1. The highest BCUT2D eigenvalue weighted by atomic mass is 32.1. The Morgan fingerprint density at radius 2 is 1.88 bits per heavy atom. The van der Waals surface area contributed by atoms with Crippen molar-refractivity contribution in [1.82, 2.24) is 30.2 Å². The number of rotatable bonds is 8. The number of aromatic carboxylic acids is 1. The van der Waals surface area contributed by atoms with E-state index in [0.29, 0.717) is 17.0 Å². The minimum Gasteiger partial charge on any atom is -0.482 e. The number of hydrogen-bond donors (Lipinski definition) is 6. The number of anilines is 1. The maximum absolute atomic E-state index is 13.2. The maximum atomic E-state index is 13.2. The first kappa shape index (κ1) is 26.9. The molecule has 0 saturated heterocycles. The zero-order chi connectivity index (χ0) is 29.3. The first-order valence-electron chi connectivity index (χ1n) is 11.9. The molecule has 0 spiro atoms. The van der Waals surface area contributed by atoms with E-state index in [1.165, 1.54) is 34.7 Å². The number of primary amides is 1. The number of fused-ring (bicyclic) bond motifs is 2. The minimum absolute atomic E-state index is 0.0187. The van der Waals surface area contributed by atoms with E-state index >= 15 is 0 Å². The highest BCUT2D eigenvalue weighted by Gasteiger charge is 2.25. The SMILES string of the molecule is NC(=O)[C@H](NC(=O)c1cc(C(=O)NCc2ccc3c(c2)NC(=O)CO3)n2c(=S)[nH]nc2n1)c1ccc(C(=O)O)cc1. The number of nitrogens with one attached hydrogen (secondary N) is 4. The van der Waals surface area contributed by atoms with Crippen LogP contribution in [0.15, 0.2) is 48.5 Å². The molecule has 15 nitrogen and oxygen atoms in total. The largest absolute Gasteiger partial charge is 0.482 e. The van der Waals surface area contributed by atoms with E-state index in [9.17, 15) is 24.0 Å². The van der Waals surface area contributed by atoms with Gasteiger partial charge in [-0.15, -0.1) is 5.10 Å². The fraction of sp³-hybridized carbons (Fsp3) is 0.120. The average Bonchev–Trinajstić information content (AvgIpc) is 3.34. The first-order valence-corrected chi connectivity index (χ1v) is 12.3. The molecule has 3 heterocycles. The van der Waals surface area contributed by atoms with E-state index in [0.717, 1.165) is 0 Å². The molecule has 0 unspecified atom stereocenters. The molecule has 4 aromatic rings. The van der Waals surface area contributed by atoms with Gasteiger partial charge in [0.25, 0.3) is 23.5 Å². The van der Waals surface area contributed by atoms with Gasteiger partial charge in [-0.25, -0.2) is 19.3 Å². The monoisotopic (exact) mass is 576 g/mol. The summed E-state index contributed by atoms with van der Waals surface area (Å²) in [6.07, 6.45) is 0. The maximum Gasteiger partial charge on any atom is 0.335 e. The van der Waals surface area contributed by atoms with E-state index < -0.39 is 29.7 Å². The van der Waals surface area contributed by atoms with Gasteiger partial charge in [-0.05, 0) is 53.7 Å². The lowest BCUT2D eigenvalue weighted by atomic mass is 10.0. The molecule has 1 atom stereocenters. The molecule has 0 radical (unpaired) electrons. The Morgan fingerprint density at radius 1 is 1.12 bits per heavy atom. The molecule has 0 bridgehead atoms. The number of H-pyrrole nitrogens is 1. The van der Waals surface area contributed by atoms with Gasteiger partial charge in [0.2, 0.25) is 10.7 Å². The number of carboxylic acids is 1. The van der Waals surface area contributed by atoms with Crippen molar-refractivity contribution in [3.8, 4) is 5.75 Å². The third kappa shape index (κ3) is 5.57. The van der Waals surface area contributed by atoms with Crippen molar-refractivity contribution in [3.05, 3.63) is 81.4 Å². The summed E-state index contributed by atoms with van der Waals surface area (Å²) >= 11 is 5.22. The first-order chi connectivity index (χ1) is 19.6. The molecular formula is C25H20N8O7S. The van der Waals surface area contributed by atoms with Crippen LogP contribution in [0.1, 0.15) is 48.5 Å². The number of nitrogens with two attached hydrogens (primary N) is 1. The zero-order valence-corrected chi connectivity index (χ0v) is 21.7. The average molecular weight is 577 g/mol. The summed E-state index contributed by atoms with van der Waals surface area (Å²) in [4.78, 5) is 65.4. The molecule has 208 valence electrons. The van der Waals surface area contributed by atoms with Gasteiger partial charge in [0.15, 0.2) is 6.61 Å². The summed E-state index contributed by atoms with van der Waals surface area (Å²) < 4.78 is 6.62. The summed E-state index contributed by atoms with van der Waals surface area (Å²) in [7, 11) is 0. The van der Waals surface area contributed by atoms with Crippen LogP contribution in [0.3, 0.4) is 0 Å². The second kappa shape index (κ2) is 10.9. The summed E-state index contributed by atoms with van der Waals surface area (Å²) in [5.41, 5.74) is 6.49. The van der Waals surface area contributed by atoms with Gasteiger partial charge in [0.1, 0.15) is 23.2 Å². The predicted molar refractivity (Wildman–Crippen MR) is 143 cm³/mol. The van der Waals surface area contributed by atoms with E-state index in [1.54, 1.807) is 18.2 Å². The molecule has 2 aromatic carbocycles. The van der Waals surface area contributed by atoms with Gasteiger partial charge in [-0.2, -0.15) is 0 Å². The highest BCUT2D eigenvalue weighted by molar-refractivity contribution is 7.71. The van der Waals surface area contributed by atoms with Gasteiger partial charge < -0.3 is 31.5 Å². The Kier molecular flexibility index (Phi) is 7.13. The molecule has 1 aliphatic rings. The van der Waals surface area contributed by atoms with Gasteiger partial charge in [-0.3, -0.25) is 19.2 Å². The molecule has 0 aliphatic carbocycles. The van der Waals surface area contributed by atoms with Gasteiger partial charge in [0.05, 0.1) is 11.3 Å². The van der Waals surface area contributed by atoms with E-state index in [1.807, 2.05) is 0 Å². The van der Waals surface area contributed by atoms with Crippen molar-refractivity contribution >= 4 is 53.3 Å². The number of hydrogen-bond acceptors (Lipinski definition) is 9. The van der Waals surface area contributed by atoms with Crippen LogP contribution in [0, 0.1) is 4.77 Å². The number of ether oxygens (including phenoxy) is 1. The second-order valence-corrected chi connectivity index (χ2v) is 9.16. The molecule has 41 heavy (non-hydrogen) atoms. The van der Waals surface area contributed by atoms with Crippen molar-refractivity contribution in [3.63, 3.8) is 0 Å². The molecule has 16 heteroatoms. The van der Waals surface area contributed by atoms with Crippen LogP contribution in [0.4, 0.5) is 5.69 Å². The lowest BCUT2D eigenvalue weighted by Crippen LogP contribution is -2.38. The molecule has 1 aliphatic heterocycles. The highest BCUT2D eigenvalue weighted by Crippen LogP contribution is 2.28. The van der Waals surface area contributed by atoms with Crippen LogP contribution in [0.2, 0.25) is 0 Å². The molecule has 5 rings (SSSR count). The number of nitrogens with zero attached hydrogens (tertiary/aromatic N) is 3. The van der Waals surface area contributed by atoms with Crippen molar-refractivity contribution in [2.24, 2.45) is 5.73 Å². The third-order valence-corrected chi connectivity index (χ3v) is 6.31. The Bertz CT molecular complexity index is 1800. The number of carboxylic acid groups (broad SMARTS) is 1. The van der Waals surface area contributed by atoms with Crippen LogP contribution >= 0.6 is 12.2 Å². The quantitative estimate of drug-likeness (QED) is 0.161. The van der Waals surface area contributed by atoms with Gasteiger partial charge in [-0.1, -0.05) is 18.2 Å². The summed E-state index contributed by atoms with van der Waals surface area (Å²) in [5, 5.41) is 23.4. The molecule has 0 fully saturated rings. The van der Waals surface area contributed by atoms with Crippen molar-refractivity contribution in [2.45, 2.75) is 12.6 Å². The number of benzene rings is 2. The predicted octanol–water partition coefficient (Wildman–Crippen LogP) is 0.702. The zero-order valence-electron chi connectivity index (χ0n) is 20.8. The van der Waals surface area contributed by atoms with Gasteiger partial charge in [0, 0.05) is 6.54 Å². The third-order valence-electron chi connectivity index (χ3n) is 6.04. The van der Waals surface area contributed by atoms with Crippen LogP contribution < -0.4 is 26.4 Å².